The number of carbonyl (C=O) groups excluding carboxylic acids is 1. The van der Waals surface area contributed by atoms with E-state index in [-0.39, 0.29) is 18.6 Å². The molecule has 0 radical (unpaired) electrons. The summed E-state index contributed by atoms with van der Waals surface area (Å²) in [7, 11) is 0. The molecule has 152 valence electrons. The molecule has 1 amide bonds. The Hall–Kier alpha value is -2.33. The van der Waals surface area contributed by atoms with E-state index in [4.69, 9.17) is 4.74 Å². The van der Waals surface area contributed by atoms with Gasteiger partial charge in [-0.15, -0.1) is 0 Å². The van der Waals surface area contributed by atoms with Crippen LogP contribution >= 0.6 is 0 Å². The number of benzene rings is 2. The third kappa shape index (κ3) is 6.38. The van der Waals surface area contributed by atoms with Gasteiger partial charge in [0.1, 0.15) is 5.75 Å². The molecule has 0 aromatic heterocycles. The van der Waals surface area contributed by atoms with Gasteiger partial charge in [-0.1, -0.05) is 62.2 Å². The minimum atomic E-state index is -0.597. The van der Waals surface area contributed by atoms with Gasteiger partial charge >= 0.3 is 0 Å². The first-order chi connectivity index (χ1) is 13.4. The quantitative estimate of drug-likeness (QED) is 0.622. The maximum atomic E-state index is 12.7. The van der Waals surface area contributed by atoms with Gasteiger partial charge in [-0.25, -0.2) is 0 Å². The minimum absolute atomic E-state index is 0.121. The van der Waals surface area contributed by atoms with Gasteiger partial charge in [0, 0.05) is 0 Å². The number of aliphatic hydroxyl groups excluding tert-OH is 1. The van der Waals surface area contributed by atoms with Gasteiger partial charge in [0.2, 0.25) is 5.91 Å². The molecule has 4 nitrogen and oxygen atoms in total. The molecule has 0 bridgehead atoms. The molecular weight excluding hydrogens is 350 g/mol. The first-order valence-corrected chi connectivity index (χ1v) is 10.1. The average molecular weight is 384 g/mol. The molecule has 2 aromatic rings. The molecule has 0 saturated heterocycles. The normalized spacial score (nSPS) is 14.2. The highest BCUT2D eigenvalue weighted by molar-refractivity contribution is 5.84. The lowest BCUT2D eigenvalue weighted by Gasteiger charge is -2.20. The fourth-order valence-electron chi connectivity index (χ4n) is 3.29. The van der Waals surface area contributed by atoms with Gasteiger partial charge in [-0.05, 0) is 49.4 Å². The van der Waals surface area contributed by atoms with Crippen LogP contribution in [0.3, 0.4) is 0 Å². The van der Waals surface area contributed by atoms with Crippen LogP contribution in [0.1, 0.15) is 62.3 Å². The van der Waals surface area contributed by atoms with Gasteiger partial charge in [0.05, 0.1) is 25.2 Å². The zero-order valence-electron chi connectivity index (χ0n) is 17.4. The summed E-state index contributed by atoms with van der Waals surface area (Å²) < 4.78 is 5.82. The highest BCUT2D eigenvalue weighted by Gasteiger charge is 2.22. The summed E-state index contributed by atoms with van der Waals surface area (Å²) in [5.74, 6) is 0.530. The average Bonchev–Trinajstić information content (AvgIpc) is 2.68. The summed E-state index contributed by atoms with van der Waals surface area (Å²) in [6.07, 6.45) is 2.29. The topological polar surface area (TPSA) is 58.6 Å². The fourth-order valence-corrected chi connectivity index (χ4v) is 3.29. The Kier molecular flexibility index (Phi) is 8.52. The van der Waals surface area contributed by atoms with Crippen molar-refractivity contribution in [1.29, 1.82) is 0 Å². The molecule has 0 fully saturated rings. The minimum Gasteiger partial charge on any atom is -0.493 e. The van der Waals surface area contributed by atoms with Gasteiger partial charge < -0.3 is 15.2 Å². The lowest BCUT2D eigenvalue weighted by molar-refractivity contribution is -0.124. The maximum Gasteiger partial charge on any atom is 0.230 e. The number of nitrogens with one attached hydrogen (secondary N) is 1. The number of amides is 1. The van der Waals surface area contributed by atoms with Crippen LogP contribution in [0.4, 0.5) is 0 Å². The van der Waals surface area contributed by atoms with E-state index in [0.29, 0.717) is 12.5 Å². The molecule has 0 aliphatic carbocycles. The summed E-state index contributed by atoms with van der Waals surface area (Å²) in [5, 5.41) is 12.8. The standard InChI is InChI=1S/C24H33NO3/c1-5-7-18(3)16-28-22-12-10-20(11-13-22)23(15-26)24(27)25-19(4)21-9-6-8-17(2)14-21/h6,8-14,18-19,23,26H,5,7,15-16H2,1-4H3,(H,25,27)/t18?,19-,23-/m1/s1. The van der Waals surface area contributed by atoms with Crippen molar-refractivity contribution in [3.05, 3.63) is 65.2 Å². The van der Waals surface area contributed by atoms with Crippen LogP contribution in [-0.4, -0.2) is 24.2 Å². The monoisotopic (exact) mass is 383 g/mol. The number of aliphatic hydroxyl groups is 1. The van der Waals surface area contributed by atoms with Gasteiger partial charge in [0.25, 0.3) is 0 Å². The van der Waals surface area contributed by atoms with Crippen molar-refractivity contribution in [2.75, 3.05) is 13.2 Å². The summed E-state index contributed by atoms with van der Waals surface area (Å²) in [6, 6.07) is 15.4. The first kappa shape index (κ1) is 22.0. The predicted octanol–water partition coefficient (Wildman–Crippen LogP) is 4.76. The molecule has 1 unspecified atom stereocenters. The molecule has 28 heavy (non-hydrogen) atoms. The second-order valence-corrected chi connectivity index (χ2v) is 7.65. The fraction of sp³-hybridized carbons (Fsp3) is 0.458. The van der Waals surface area contributed by atoms with Gasteiger partial charge in [-0.2, -0.15) is 0 Å². The van der Waals surface area contributed by atoms with E-state index in [1.165, 1.54) is 0 Å². The Balaban J connectivity index is 1.98. The van der Waals surface area contributed by atoms with E-state index < -0.39 is 5.92 Å². The van der Waals surface area contributed by atoms with Crippen LogP contribution in [0, 0.1) is 12.8 Å². The largest absolute Gasteiger partial charge is 0.493 e. The third-order valence-corrected chi connectivity index (χ3v) is 5.00. The molecule has 4 heteroatoms. The molecule has 2 rings (SSSR count). The Morgan fingerprint density at radius 3 is 2.43 bits per heavy atom. The van der Waals surface area contributed by atoms with E-state index in [1.54, 1.807) is 0 Å². The highest BCUT2D eigenvalue weighted by atomic mass is 16.5. The molecule has 2 aromatic carbocycles. The van der Waals surface area contributed by atoms with Crippen molar-refractivity contribution in [2.24, 2.45) is 5.92 Å². The number of rotatable bonds is 10. The smallest absolute Gasteiger partial charge is 0.230 e. The third-order valence-electron chi connectivity index (χ3n) is 5.00. The Morgan fingerprint density at radius 2 is 1.82 bits per heavy atom. The van der Waals surface area contributed by atoms with Crippen molar-refractivity contribution < 1.29 is 14.6 Å². The number of hydrogen-bond acceptors (Lipinski definition) is 3. The maximum absolute atomic E-state index is 12.7. The molecular formula is C24H33NO3. The van der Waals surface area contributed by atoms with Crippen LogP contribution in [0.25, 0.3) is 0 Å². The summed E-state index contributed by atoms with van der Waals surface area (Å²) in [5.41, 5.74) is 2.99. The number of hydrogen-bond donors (Lipinski definition) is 2. The Labute approximate surface area is 168 Å². The molecule has 0 heterocycles. The lowest BCUT2D eigenvalue weighted by Crippen LogP contribution is -2.33. The molecule has 2 N–H and O–H groups in total. The van der Waals surface area contributed by atoms with Crippen molar-refractivity contribution >= 4 is 5.91 Å². The second-order valence-electron chi connectivity index (χ2n) is 7.65. The van der Waals surface area contributed by atoms with E-state index >= 15 is 0 Å². The van der Waals surface area contributed by atoms with Crippen molar-refractivity contribution in [3.8, 4) is 5.75 Å². The van der Waals surface area contributed by atoms with Crippen molar-refractivity contribution in [1.82, 2.24) is 5.32 Å². The Bertz CT molecular complexity index is 742. The summed E-state index contributed by atoms with van der Waals surface area (Å²) in [4.78, 5) is 12.7. The zero-order chi connectivity index (χ0) is 20.5. The van der Waals surface area contributed by atoms with Crippen LogP contribution in [0.5, 0.6) is 5.75 Å². The van der Waals surface area contributed by atoms with E-state index in [9.17, 15) is 9.90 Å². The van der Waals surface area contributed by atoms with Crippen LogP contribution in [-0.2, 0) is 4.79 Å². The van der Waals surface area contributed by atoms with Crippen LogP contribution in [0.15, 0.2) is 48.5 Å². The zero-order valence-corrected chi connectivity index (χ0v) is 17.4. The summed E-state index contributed by atoms with van der Waals surface area (Å²) >= 11 is 0. The van der Waals surface area contributed by atoms with Crippen molar-refractivity contribution in [3.63, 3.8) is 0 Å². The molecule has 0 aliphatic heterocycles. The van der Waals surface area contributed by atoms with Crippen LogP contribution < -0.4 is 10.1 Å². The number of ether oxygens (including phenoxy) is 1. The molecule has 0 aliphatic rings. The highest BCUT2D eigenvalue weighted by Crippen LogP contribution is 2.22. The molecule has 0 spiro atoms. The second kappa shape index (κ2) is 10.9. The van der Waals surface area contributed by atoms with E-state index in [1.807, 2.05) is 56.3 Å². The Morgan fingerprint density at radius 1 is 1.11 bits per heavy atom. The number of aryl methyl sites for hydroxylation is 1. The van der Waals surface area contributed by atoms with E-state index in [0.717, 1.165) is 35.3 Å². The van der Waals surface area contributed by atoms with Crippen LogP contribution in [0.2, 0.25) is 0 Å². The summed E-state index contributed by atoms with van der Waals surface area (Å²) in [6.45, 7) is 8.78. The first-order valence-electron chi connectivity index (χ1n) is 10.1. The number of carbonyl (C=O) groups is 1. The van der Waals surface area contributed by atoms with Crippen molar-refractivity contribution in [2.45, 2.75) is 52.5 Å². The predicted molar refractivity (Wildman–Crippen MR) is 114 cm³/mol. The van der Waals surface area contributed by atoms with Gasteiger partial charge in [-0.3, -0.25) is 4.79 Å². The lowest BCUT2D eigenvalue weighted by atomic mass is 9.97. The SMILES string of the molecule is CCCC(C)COc1ccc([C@@H](CO)C(=O)N[C@H](C)c2cccc(C)c2)cc1. The molecule has 0 saturated carbocycles. The van der Waals surface area contributed by atoms with E-state index in [2.05, 4.69) is 25.2 Å². The molecule has 3 atom stereocenters. The van der Waals surface area contributed by atoms with Gasteiger partial charge in [0.15, 0.2) is 0 Å².